The van der Waals surface area contributed by atoms with E-state index in [1.165, 1.54) is 10.6 Å². The predicted octanol–water partition coefficient (Wildman–Crippen LogP) is 3.07. The van der Waals surface area contributed by atoms with E-state index in [2.05, 4.69) is 6.07 Å². The molecule has 1 aliphatic heterocycles. The molecule has 0 aliphatic carbocycles. The molecular weight excluding hydrogens is 186 g/mol. The standard InChI is InChI=1S/C13H10NO/c15-14-9-10-5-1-2-6-11(10)12-7-3-4-8-13(12)14/h1-9,15H/q-1. The third kappa shape index (κ3) is 1.19. The van der Waals surface area contributed by atoms with E-state index in [1.54, 1.807) is 6.54 Å². The predicted molar refractivity (Wildman–Crippen MR) is 59.5 cm³/mol. The van der Waals surface area contributed by atoms with Crippen molar-refractivity contribution in [2.75, 3.05) is 5.06 Å². The topological polar surface area (TPSA) is 23.5 Å². The van der Waals surface area contributed by atoms with Crippen LogP contribution in [0.3, 0.4) is 0 Å². The lowest BCUT2D eigenvalue weighted by atomic mass is 9.95. The Morgan fingerprint density at radius 1 is 0.867 bits per heavy atom. The highest BCUT2D eigenvalue weighted by Crippen LogP contribution is 2.38. The van der Waals surface area contributed by atoms with Crippen molar-refractivity contribution >= 4 is 5.69 Å². The lowest BCUT2D eigenvalue weighted by molar-refractivity contribution is 0.283. The van der Waals surface area contributed by atoms with E-state index in [-0.39, 0.29) is 0 Å². The molecule has 0 spiro atoms. The summed E-state index contributed by atoms with van der Waals surface area (Å²) in [6.45, 7) is 1.73. The quantitative estimate of drug-likeness (QED) is 0.654. The highest BCUT2D eigenvalue weighted by atomic mass is 16.5. The van der Waals surface area contributed by atoms with Gasteiger partial charge in [-0.2, -0.15) is 11.6 Å². The average Bonchev–Trinajstić information content (AvgIpc) is 2.30. The lowest BCUT2D eigenvalue weighted by Crippen LogP contribution is -2.19. The molecule has 0 bridgehead atoms. The van der Waals surface area contributed by atoms with Crippen molar-refractivity contribution in [3.8, 4) is 11.1 Å². The van der Waals surface area contributed by atoms with Crippen molar-refractivity contribution < 1.29 is 5.21 Å². The first-order chi connectivity index (χ1) is 7.36. The zero-order chi connectivity index (χ0) is 10.3. The van der Waals surface area contributed by atoms with Crippen molar-refractivity contribution in [3.63, 3.8) is 0 Å². The minimum atomic E-state index is 0.830. The van der Waals surface area contributed by atoms with Gasteiger partial charge in [0.15, 0.2) is 0 Å². The van der Waals surface area contributed by atoms with Gasteiger partial charge in [0, 0.05) is 0 Å². The minimum Gasteiger partial charge on any atom is -0.296 e. The Morgan fingerprint density at radius 3 is 2.40 bits per heavy atom. The molecule has 1 heterocycles. The molecule has 2 aromatic rings. The summed E-state index contributed by atoms with van der Waals surface area (Å²) in [5, 5.41) is 11.0. The second-order valence-corrected chi connectivity index (χ2v) is 3.58. The van der Waals surface area contributed by atoms with Gasteiger partial charge in [0.05, 0.1) is 5.69 Å². The first-order valence-electron chi connectivity index (χ1n) is 4.88. The lowest BCUT2D eigenvalue weighted by Gasteiger charge is -2.34. The Bertz CT molecular complexity index is 507. The summed E-state index contributed by atoms with van der Waals surface area (Å²) in [4.78, 5) is 0. The van der Waals surface area contributed by atoms with Crippen molar-refractivity contribution in [3.05, 3.63) is 60.6 Å². The Morgan fingerprint density at radius 2 is 1.53 bits per heavy atom. The maximum Gasteiger partial charge on any atom is 0.0503 e. The Hall–Kier alpha value is -1.93. The van der Waals surface area contributed by atoms with Gasteiger partial charge in [-0.15, -0.1) is 17.7 Å². The van der Waals surface area contributed by atoms with Gasteiger partial charge < -0.3 is 0 Å². The molecule has 1 aliphatic rings. The molecule has 0 saturated carbocycles. The molecule has 2 nitrogen and oxygen atoms in total. The Balaban J connectivity index is 2.30. The van der Waals surface area contributed by atoms with E-state index in [4.69, 9.17) is 0 Å². The van der Waals surface area contributed by atoms with Crippen LogP contribution in [-0.2, 0) is 0 Å². The number of rotatable bonds is 0. The zero-order valence-electron chi connectivity index (χ0n) is 8.09. The molecule has 2 heteroatoms. The van der Waals surface area contributed by atoms with Gasteiger partial charge in [-0.25, -0.2) is 0 Å². The number of hydrogen-bond donors (Lipinski definition) is 1. The van der Waals surface area contributed by atoms with Gasteiger partial charge in [-0.3, -0.25) is 10.3 Å². The number of anilines is 1. The Labute approximate surface area is 88.4 Å². The van der Waals surface area contributed by atoms with Crippen molar-refractivity contribution in [2.45, 2.75) is 0 Å². The van der Waals surface area contributed by atoms with E-state index < -0.39 is 0 Å². The first-order valence-corrected chi connectivity index (χ1v) is 4.88. The van der Waals surface area contributed by atoms with E-state index in [0.29, 0.717) is 0 Å². The average molecular weight is 196 g/mol. The third-order valence-corrected chi connectivity index (χ3v) is 2.66. The number of benzene rings is 2. The summed E-state index contributed by atoms with van der Waals surface area (Å²) < 4.78 is 0. The smallest absolute Gasteiger partial charge is 0.0503 e. The number of hydroxylamine groups is 1. The van der Waals surface area contributed by atoms with Crippen LogP contribution in [0.5, 0.6) is 0 Å². The van der Waals surface area contributed by atoms with Gasteiger partial charge >= 0.3 is 0 Å². The highest BCUT2D eigenvalue weighted by molar-refractivity contribution is 5.84. The van der Waals surface area contributed by atoms with E-state index in [9.17, 15) is 5.21 Å². The monoisotopic (exact) mass is 196 g/mol. The summed E-state index contributed by atoms with van der Waals surface area (Å²) in [5.41, 5.74) is 4.10. The molecule has 2 aromatic carbocycles. The van der Waals surface area contributed by atoms with Gasteiger partial charge in [0.25, 0.3) is 0 Å². The minimum absolute atomic E-state index is 0.830. The van der Waals surface area contributed by atoms with Crippen LogP contribution >= 0.6 is 0 Å². The number of nitrogens with zero attached hydrogens (tertiary/aromatic N) is 1. The van der Waals surface area contributed by atoms with Gasteiger partial charge in [0.2, 0.25) is 0 Å². The molecule has 0 unspecified atom stereocenters. The summed E-state index contributed by atoms with van der Waals surface area (Å²) in [6, 6.07) is 15.9. The molecule has 0 fully saturated rings. The fourth-order valence-corrected chi connectivity index (χ4v) is 1.96. The van der Waals surface area contributed by atoms with Crippen LogP contribution in [-0.4, -0.2) is 5.21 Å². The SMILES string of the molecule is ON1[CH-]c2ccccc2-c2ccccc21. The summed E-state index contributed by atoms with van der Waals surface area (Å²) in [7, 11) is 0. The fraction of sp³-hybridized carbons (Fsp3) is 0. The fourth-order valence-electron chi connectivity index (χ4n) is 1.96. The van der Waals surface area contributed by atoms with E-state index in [0.717, 1.165) is 16.8 Å². The van der Waals surface area contributed by atoms with Crippen LogP contribution in [0, 0.1) is 6.54 Å². The molecule has 3 rings (SSSR count). The third-order valence-electron chi connectivity index (χ3n) is 2.66. The van der Waals surface area contributed by atoms with Gasteiger partial charge in [0.1, 0.15) is 0 Å². The van der Waals surface area contributed by atoms with Crippen LogP contribution in [0.15, 0.2) is 48.5 Å². The maximum absolute atomic E-state index is 9.79. The van der Waals surface area contributed by atoms with Crippen LogP contribution in [0.25, 0.3) is 11.1 Å². The van der Waals surface area contributed by atoms with Crippen molar-refractivity contribution in [1.29, 1.82) is 0 Å². The Kier molecular flexibility index (Phi) is 1.70. The van der Waals surface area contributed by atoms with Crippen molar-refractivity contribution in [1.82, 2.24) is 0 Å². The molecule has 15 heavy (non-hydrogen) atoms. The van der Waals surface area contributed by atoms with Gasteiger partial charge in [-0.1, -0.05) is 30.8 Å². The number of hydrogen-bond acceptors (Lipinski definition) is 2. The molecule has 0 aromatic heterocycles. The molecule has 0 amide bonds. The number of fused-ring (bicyclic) bond motifs is 3. The molecule has 0 saturated heterocycles. The normalized spacial score (nSPS) is 12.7. The van der Waals surface area contributed by atoms with Crippen LogP contribution in [0.4, 0.5) is 5.69 Å². The van der Waals surface area contributed by atoms with E-state index in [1.807, 2.05) is 42.5 Å². The first kappa shape index (κ1) is 8.38. The maximum atomic E-state index is 9.79. The molecule has 0 radical (unpaired) electrons. The molecule has 0 atom stereocenters. The second kappa shape index (κ2) is 3.04. The van der Waals surface area contributed by atoms with Crippen molar-refractivity contribution in [2.24, 2.45) is 0 Å². The van der Waals surface area contributed by atoms with Crippen LogP contribution < -0.4 is 5.06 Å². The van der Waals surface area contributed by atoms with Gasteiger partial charge in [-0.05, 0) is 11.6 Å². The summed E-state index contributed by atoms with van der Waals surface area (Å²) in [5.74, 6) is 0. The summed E-state index contributed by atoms with van der Waals surface area (Å²) >= 11 is 0. The molecule has 74 valence electrons. The number of para-hydroxylation sites is 1. The van der Waals surface area contributed by atoms with Crippen LogP contribution in [0.1, 0.15) is 5.56 Å². The van der Waals surface area contributed by atoms with E-state index >= 15 is 0 Å². The van der Waals surface area contributed by atoms with Crippen LogP contribution in [0.2, 0.25) is 0 Å². The highest BCUT2D eigenvalue weighted by Gasteiger charge is 2.12. The molecular formula is C13H10NO-. The second-order valence-electron chi connectivity index (χ2n) is 3.58. The zero-order valence-corrected chi connectivity index (χ0v) is 8.09. The largest absolute Gasteiger partial charge is 0.296 e. The summed E-state index contributed by atoms with van der Waals surface area (Å²) in [6.07, 6.45) is 0. The molecule has 1 N–H and O–H groups in total.